The minimum absolute atomic E-state index is 0.295. The third-order valence-corrected chi connectivity index (χ3v) is 6.26. The van der Waals surface area contributed by atoms with Crippen LogP contribution < -0.4 is 5.32 Å². The van der Waals surface area contributed by atoms with Crippen molar-refractivity contribution in [3.05, 3.63) is 46.1 Å². The van der Waals surface area contributed by atoms with E-state index in [1.807, 2.05) is 12.3 Å². The topological polar surface area (TPSA) is 87.5 Å². The minimum atomic E-state index is -0.711. The molecule has 0 saturated carbocycles. The molecule has 0 amide bonds. The van der Waals surface area contributed by atoms with Crippen molar-refractivity contribution in [3.63, 3.8) is 0 Å². The number of aryl methyl sites for hydroxylation is 1. The molecule has 5 rings (SSSR count). The van der Waals surface area contributed by atoms with E-state index in [0.717, 1.165) is 45.1 Å². The molecular weight excluding hydrogens is 348 g/mol. The Morgan fingerprint density at radius 3 is 3.12 bits per heavy atom. The summed E-state index contributed by atoms with van der Waals surface area (Å²) >= 11 is 1.59. The molecule has 0 unspecified atom stereocenters. The van der Waals surface area contributed by atoms with E-state index >= 15 is 0 Å². The maximum Gasteiger partial charge on any atom is 0.306 e. The standard InChI is InChI=1S/C19H16N4O2S/c24-19(25)10-2-4-14-15(6-10)26-18-16(14)17(21-9-22-18)23-13-3-1-11-7-20-8-12(11)5-13/h1,3,5,8-10H,2,4,6-7H2,(H,24,25)(H,21,22,23)/t10-/m0/s1. The molecule has 0 saturated heterocycles. The van der Waals surface area contributed by atoms with Gasteiger partial charge in [-0.3, -0.25) is 9.79 Å². The SMILES string of the molecule is O=C(O)[C@H]1CCc2c(sc3ncnc(Nc4ccc5c(c4)C=NC5)c23)C1. The van der Waals surface area contributed by atoms with E-state index in [9.17, 15) is 9.90 Å². The van der Waals surface area contributed by atoms with Crippen LogP contribution in [0.2, 0.25) is 0 Å². The number of rotatable bonds is 3. The summed E-state index contributed by atoms with van der Waals surface area (Å²) in [6.45, 7) is 0.746. The Kier molecular flexibility index (Phi) is 3.49. The fourth-order valence-corrected chi connectivity index (χ4v) is 5.00. The summed E-state index contributed by atoms with van der Waals surface area (Å²) in [7, 11) is 0. The van der Waals surface area contributed by atoms with Gasteiger partial charge in [0.2, 0.25) is 0 Å². The number of nitrogens with zero attached hydrogens (tertiary/aromatic N) is 3. The van der Waals surface area contributed by atoms with Gasteiger partial charge in [-0.1, -0.05) is 6.07 Å². The molecule has 2 aromatic heterocycles. The van der Waals surface area contributed by atoms with Crippen molar-refractivity contribution in [1.29, 1.82) is 0 Å². The monoisotopic (exact) mass is 364 g/mol. The summed E-state index contributed by atoms with van der Waals surface area (Å²) in [4.78, 5) is 26.6. The lowest BCUT2D eigenvalue weighted by Gasteiger charge is -2.18. The highest BCUT2D eigenvalue weighted by Crippen LogP contribution is 2.40. The van der Waals surface area contributed by atoms with Crippen molar-refractivity contribution >= 4 is 45.2 Å². The first-order valence-corrected chi connectivity index (χ1v) is 9.38. The smallest absolute Gasteiger partial charge is 0.306 e. The second-order valence-corrected chi connectivity index (χ2v) is 7.78. The Labute approximate surface area is 153 Å². The Morgan fingerprint density at radius 2 is 2.23 bits per heavy atom. The quantitative estimate of drug-likeness (QED) is 0.742. The van der Waals surface area contributed by atoms with Gasteiger partial charge in [-0.15, -0.1) is 11.3 Å². The van der Waals surface area contributed by atoms with Crippen molar-refractivity contribution < 1.29 is 9.90 Å². The number of carbonyl (C=O) groups is 1. The average Bonchev–Trinajstić information content (AvgIpc) is 3.25. The number of aliphatic imine (C=N–C) groups is 1. The van der Waals surface area contributed by atoms with Gasteiger partial charge in [-0.2, -0.15) is 0 Å². The first-order valence-electron chi connectivity index (χ1n) is 8.57. The van der Waals surface area contributed by atoms with Gasteiger partial charge in [-0.25, -0.2) is 9.97 Å². The molecule has 130 valence electrons. The normalized spacial score (nSPS) is 17.9. The van der Waals surface area contributed by atoms with Gasteiger partial charge in [0.1, 0.15) is 17.0 Å². The van der Waals surface area contributed by atoms with E-state index in [2.05, 4.69) is 32.4 Å². The van der Waals surface area contributed by atoms with Crippen molar-refractivity contribution in [2.24, 2.45) is 10.9 Å². The van der Waals surface area contributed by atoms with Gasteiger partial charge in [0.25, 0.3) is 0 Å². The Bertz CT molecular complexity index is 1070. The van der Waals surface area contributed by atoms with E-state index in [1.165, 1.54) is 11.1 Å². The lowest BCUT2D eigenvalue weighted by Crippen LogP contribution is -2.21. The highest BCUT2D eigenvalue weighted by atomic mass is 32.1. The number of hydrogen-bond acceptors (Lipinski definition) is 6. The van der Waals surface area contributed by atoms with Crippen LogP contribution in [0.25, 0.3) is 10.2 Å². The van der Waals surface area contributed by atoms with Crippen LogP contribution in [0.15, 0.2) is 29.5 Å². The number of nitrogens with one attached hydrogen (secondary N) is 1. The van der Waals surface area contributed by atoms with Gasteiger partial charge in [0.05, 0.1) is 17.8 Å². The molecule has 6 nitrogen and oxygen atoms in total. The van der Waals surface area contributed by atoms with Gasteiger partial charge in [-0.05, 0) is 48.1 Å². The highest BCUT2D eigenvalue weighted by molar-refractivity contribution is 7.19. The molecule has 0 bridgehead atoms. The molecule has 0 spiro atoms. The Morgan fingerprint density at radius 1 is 1.31 bits per heavy atom. The first-order chi connectivity index (χ1) is 12.7. The van der Waals surface area contributed by atoms with E-state index in [-0.39, 0.29) is 5.92 Å². The summed E-state index contributed by atoms with van der Waals surface area (Å²) in [5.74, 6) is -0.218. The number of hydrogen-bond donors (Lipinski definition) is 2. The summed E-state index contributed by atoms with van der Waals surface area (Å²) in [5.41, 5.74) is 4.54. The molecule has 0 radical (unpaired) electrons. The van der Waals surface area contributed by atoms with E-state index < -0.39 is 5.97 Å². The molecule has 1 atom stereocenters. The summed E-state index contributed by atoms with van der Waals surface area (Å²) in [6, 6.07) is 6.21. The number of anilines is 2. The maximum absolute atomic E-state index is 11.3. The van der Waals surface area contributed by atoms with Crippen LogP contribution in [0.5, 0.6) is 0 Å². The van der Waals surface area contributed by atoms with E-state index in [1.54, 1.807) is 17.7 Å². The fourth-order valence-electron chi connectivity index (χ4n) is 3.73. The second-order valence-electron chi connectivity index (χ2n) is 6.69. The molecule has 2 aliphatic rings. The molecule has 1 aromatic carbocycles. The predicted octanol–water partition coefficient (Wildman–Crippen LogP) is 3.56. The summed E-state index contributed by atoms with van der Waals surface area (Å²) in [6.07, 6.45) is 5.47. The molecule has 3 heterocycles. The Hall–Kier alpha value is -2.80. The second kappa shape index (κ2) is 5.88. The lowest BCUT2D eigenvalue weighted by molar-refractivity contribution is -0.142. The van der Waals surface area contributed by atoms with Crippen molar-refractivity contribution in [1.82, 2.24) is 9.97 Å². The van der Waals surface area contributed by atoms with Gasteiger partial charge in [0.15, 0.2) is 0 Å². The third kappa shape index (κ3) is 2.47. The van der Waals surface area contributed by atoms with E-state index in [4.69, 9.17) is 0 Å². The van der Waals surface area contributed by atoms with Gasteiger partial charge < -0.3 is 10.4 Å². The number of aliphatic carboxylic acids is 1. The third-order valence-electron chi connectivity index (χ3n) is 5.10. The number of carboxylic acid groups (broad SMARTS) is 1. The number of fused-ring (bicyclic) bond motifs is 4. The molecule has 0 fully saturated rings. The van der Waals surface area contributed by atoms with Crippen molar-refractivity contribution in [3.8, 4) is 0 Å². The number of carboxylic acids is 1. The zero-order valence-corrected chi connectivity index (χ0v) is 14.7. The summed E-state index contributed by atoms with van der Waals surface area (Å²) < 4.78 is 0. The molecular formula is C19H16N4O2S. The minimum Gasteiger partial charge on any atom is -0.481 e. The first kappa shape index (κ1) is 15.5. The fraction of sp³-hybridized carbons (Fsp3) is 0.263. The van der Waals surface area contributed by atoms with Crippen LogP contribution in [0.3, 0.4) is 0 Å². The van der Waals surface area contributed by atoms with Crippen LogP contribution in [-0.2, 0) is 24.2 Å². The number of benzene rings is 1. The number of aromatic nitrogens is 2. The van der Waals surface area contributed by atoms with Crippen LogP contribution in [0.4, 0.5) is 11.5 Å². The predicted molar refractivity (Wildman–Crippen MR) is 102 cm³/mol. The molecule has 7 heteroatoms. The number of thiophene rings is 1. The molecule has 2 N–H and O–H groups in total. The molecule has 26 heavy (non-hydrogen) atoms. The molecule has 1 aliphatic heterocycles. The van der Waals surface area contributed by atoms with Crippen molar-refractivity contribution in [2.45, 2.75) is 25.8 Å². The highest BCUT2D eigenvalue weighted by Gasteiger charge is 2.28. The molecule has 3 aromatic rings. The van der Waals surface area contributed by atoms with Gasteiger partial charge >= 0.3 is 5.97 Å². The van der Waals surface area contributed by atoms with Crippen LogP contribution in [0, 0.1) is 5.92 Å². The summed E-state index contributed by atoms with van der Waals surface area (Å²) in [5, 5.41) is 13.8. The van der Waals surface area contributed by atoms with Gasteiger partial charge in [0, 0.05) is 16.8 Å². The van der Waals surface area contributed by atoms with E-state index in [0.29, 0.717) is 12.8 Å². The van der Waals surface area contributed by atoms with Crippen LogP contribution in [-0.4, -0.2) is 27.3 Å². The average molecular weight is 364 g/mol. The van der Waals surface area contributed by atoms with Crippen LogP contribution >= 0.6 is 11.3 Å². The van der Waals surface area contributed by atoms with Crippen molar-refractivity contribution in [2.75, 3.05) is 5.32 Å². The maximum atomic E-state index is 11.3. The zero-order chi connectivity index (χ0) is 17.7. The molecule has 1 aliphatic carbocycles. The van der Waals surface area contributed by atoms with Crippen LogP contribution in [0.1, 0.15) is 28.0 Å². The Balaban J connectivity index is 1.55. The largest absolute Gasteiger partial charge is 0.481 e. The zero-order valence-electron chi connectivity index (χ0n) is 13.9. The lowest BCUT2D eigenvalue weighted by atomic mass is 9.88.